The number of hydrogen-bond donors (Lipinski definition) is 2. The lowest BCUT2D eigenvalue weighted by Crippen LogP contribution is -1.98. The van der Waals surface area contributed by atoms with E-state index in [1.54, 1.807) is 24.5 Å². The summed E-state index contributed by atoms with van der Waals surface area (Å²) in [5, 5.41) is 8.80. The summed E-state index contributed by atoms with van der Waals surface area (Å²) < 4.78 is 4.02. The van der Waals surface area contributed by atoms with Gasteiger partial charge >= 0.3 is 5.97 Å². The topological polar surface area (TPSA) is 89.1 Å². The summed E-state index contributed by atoms with van der Waals surface area (Å²) in [6.45, 7) is 0. The molecule has 5 nitrogen and oxygen atoms in total. The van der Waals surface area contributed by atoms with Crippen molar-refractivity contribution in [2.24, 2.45) is 0 Å². The number of aromatic nitrogens is 2. The highest BCUT2D eigenvalue weighted by Gasteiger charge is 2.17. The number of hydrogen-bond acceptors (Lipinski definition) is 5. The van der Waals surface area contributed by atoms with Crippen LogP contribution in [0, 0.1) is 0 Å². The number of rotatable bonds is 2. The average Bonchev–Trinajstić information content (AvgIpc) is 2.61. The van der Waals surface area contributed by atoms with Gasteiger partial charge in [-0.15, -0.1) is 0 Å². The van der Waals surface area contributed by atoms with Crippen molar-refractivity contribution in [1.29, 1.82) is 0 Å². The minimum Gasteiger partial charge on any atom is -0.477 e. The molecule has 0 aliphatic rings. The number of carbonyl (C=O) groups is 1. The van der Waals surface area contributed by atoms with Gasteiger partial charge in [-0.05, 0) is 23.7 Å². The van der Waals surface area contributed by atoms with Crippen molar-refractivity contribution in [2.45, 2.75) is 0 Å². The molecule has 15 heavy (non-hydrogen) atoms. The van der Waals surface area contributed by atoms with E-state index in [0.717, 1.165) is 17.1 Å². The predicted molar refractivity (Wildman–Crippen MR) is 56.7 cm³/mol. The van der Waals surface area contributed by atoms with Crippen LogP contribution in [0.4, 0.5) is 5.69 Å². The van der Waals surface area contributed by atoms with Crippen molar-refractivity contribution in [2.75, 3.05) is 5.73 Å². The van der Waals surface area contributed by atoms with Gasteiger partial charge in [0.15, 0.2) is 4.88 Å². The Balaban J connectivity index is 2.52. The first-order valence-corrected chi connectivity index (χ1v) is 4.86. The number of aromatic carboxylic acids is 1. The van der Waals surface area contributed by atoms with Gasteiger partial charge in [0.2, 0.25) is 0 Å². The van der Waals surface area contributed by atoms with Crippen LogP contribution in [0.3, 0.4) is 0 Å². The second-order valence-corrected chi connectivity index (χ2v) is 3.59. The number of nitrogens with zero attached hydrogens (tertiary/aromatic N) is 2. The van der Waals surface area contributed by atoms with Crippen molar-refractivity contribution in [3.63, 3.8) is 0 Å². The molecule has 76 valence electrons. The van der Waals surface area contributed by atoms with Crippen molar-refractivity contribution in [3.05, 3.63) is 29.4 Å². The largest absolute Gasteiger partial charge is 0.477 e. The van der Waals surface area contributed by atoms with Crippen molar-refractivity contribution in [3.8, 4) is 11.3 Å². The van der Waals surface area contributed by atoms with E-state index in [4.69, 9.17) is 10.8 Å². The van der Waals surface area contributed by atoms with Crippen LogP contribution >= 0.6 is 11.5 Å². The summed E-state index contributed by atoms with van der Waals surface area (Å²) in [7, 11) is 0. The first-order chi connectivity index (χ1) is 7.20. The fraction of sp³-hybridized carbons (Fsp3) is 0. The summed E-state index contributed by atoms with van der Waals surface area (Å²) in [6, 6.07) is 3.47. The van der Waals surface area contributed by atoms with Gasteiger partial charge in [0.1, 0.15) is 5.69 Å². The third-order valence-corrected chi connectivity index (χ3v) is 2.73. The summed E-state index contributed by atoms with van der Waals surface area (Å²) in [6.07, 6.45) is 3.21. The van der Waals surface area contributed by atoms with Gasteiger partial charge in [0, 0.05) is 18.0 Å². The number of nitrogens with two attached hydrogens (primary N) is 1. The second-order valence-electron chi connectivity index (χ2n) is 2.82. The number of anilines is 1. The van der Waals surface area contributed by atoms with Crippen LogP contribution in [-0.4, -0.2) is 20.4 Å². The van der Waals surface area contributed by atoms with E-state index >= 15 is 0 Å². The monoisotopic (exact) mass is 221 g/mol. The van der Waals surface area contributed by atoms with Crippen LogP contribution in [-0.2, 0) is 0 Å². The molecule has 0 amide bonds. The maximum atomic E-state index is 10.7. The van der Waals surface area contributed by atoms with Gasteiger partial charge in [-0.2, -0.15) is 4.37 Å². The fourth-order valence-electron chi connectivity index (χ4n) is 1.17. The van der Waals surface area contributed by atoms with Crippen LogP contribution < -0.4 is 5.73 Å². The van der Waals surface area contributed by atoms with Crippen molar-refractivity contribution in [1.82, 2.24) is 9.36 Å². The Bertz CT molecular complexity index is 495. The number of carboxylic acid groups (broad SMARTS) is 1. The maximum absolute atomic E-state index is 10.7. The zero-order chi connectivity index (χ0) is 10.8. The zero-order valence-corrected chi connectivity index (χ0v) is 8.36. The minimum atomic E-state index is -1.05. The Kier molecular flexibility index (Phi) is 2.34. The molecular formula is C9H7N3O2S. The lowest BCUT2D eigenvalue weighted by atomic mass is 10.1. The summed E-state index contributed by atoms with van der Waals surface area (Å²) >= 11 is 0.884. The third-order valence-electron chi connectivity index (χ3n) is 1.88. The molecule has 2 rings (SSSR count). The quantitative estimate of drug-likeness (QED) is 0.801. The smallest absolute Gasteiger partial charge is 0.349 e. The molecule has 0 saturated heterocycles. The number of nitrogen functional groups attached to an aromatic ring is 1. The molecule has 0 radical (unpaired) electrons. The molecule has 3 N–H and O–H groups in total. The van der Waals surface area contributed by atoms with Crippen molar-refractivity contribution < 1.29 is 9.90 Å². The standard InChI is InChI=1S/C9H7N3O2S/c10-6-7(5-1-3-11-4-2-5)12-15-8(6)9(13)14/h1-4H,10H2,(H,13,14). The molecule has 0 aliphatic heterocycles. The van der Waals surface area contributed by atoms with E-state index in [9.17, 15) is 4.79 Å². The lowest BCUT2D eigenvalue weighted by molar-refractivity contribution is 0.0703. The Hall–Kier alpha value is -1.95. The van der Waals surface area contributed by atoms with Gasteiger partial charge in [-0.25, -0.2) is 4.79 Å². The molecule has 0 aliphatic carbocycles. The zero-order valence-electron chi connectivity index (χ0n) is 7.54. The van der Waals surface area contributed by atoms with Gasteiger partial charge in [0.25, 0.3) is 0 Å². The van der Waals surface area contributed by atoms with Crippen molar-refractivity contribution >= 4 is 23.2 Å². The van der Waals surface area contributed by atoms with Gasteiger partial charge < -0.3 is 10.8 Å². The predicted octanol–water partition coefficient (Wildman–Crippen LogP) is 1.49. The van der Waals surface area contributed by atoms with E-state index in [2.05, 4.69) is 9.36 Å². The van der Waals surface area contributed by atoms with E-state index < -0.39 is 5.97 Å². The van der Waals surface area contributed by atoms with Crippen LogP contribution in [0.15, 0.2) is 24.5 Å². The average molecular weight is 221 g/mol. The Morgan fingerprint density at radius 3 is 2.60 bits per heavy atom. The minimum absolute atomic E-state index is 0.0711. The fourth-order valence-corrected chi connectivity index (χ4v) is 1.83. The molecule has 0 fully saturated rings. The summed E-state index contributed by atoms with van der Waals surface area (Å²) in [5.41, 5.74) is 7.16. The molecule has 0 spiro atoms. The van der Waals surface area contributed by atoms with E-state index in [1.807, 2.05) is 0 Å². The van der Waals surface area contributed by atoms with Crippen LogP contribution in [0.5, 0.6) is 0 Å². The highest BCUT2D eigenvalue weighted by molar-refractivity contribution is 7.09. The van der Waals surface area contributed by atoms with Crippen LogP contribution in [0.2, 0.25) is 0 Å². The van der Waals surface area contributed by atoms with E-state index in [0.29, 0.717) is 5.69 Å². The highest BCUT2D eigenvalue weighted by Crippen LogP contribution is 2.29. The molecule has 2 aromatic heterocycles. The van der Waals surface area contributed by atoms with E-state index in [1.165, 1.54) is 0 Å². The van der Waals surface area contributed by atoms with Gasteiger partial charge in [-0.3, -0.25) is 4.98 Å². The Morgan fingerprint density at radius 2 is 2.07 bits per heavy atom. The first-order valence-electron chi connectivity index (χ1n) is 4.09. The molecule has 2 aromatic rings. The molecule has 0 aromatic carbocycles. The second kappa shape index (κ2) is 3.66. The normalized spacial score (nSPS) is 10.1. The molecule has 2 heterocycles. The maximum Gasteiger partial charge on any atom is 0.349 e. The molecule has 0 atom stereocenters. The molecule has 0 bridgehead atoms. The molecule has 0 saturated carbocycles. The molecule has 6 heteroatoms. The SMILES string of the molecule is Nc1c(-c2ccncc2)nsc1C(=O)O. The lowest BCUT2D eigenvalue weighted by Gasteiger charge is -1.97. The van der Waals surface area contributed by atoms with Gasteiger partial charge in [0.05, 0.1) is 5.69 Å². The summed E-state index contributed by atoms with van der Waals surface area (Å²) in [5.74, 6) is -1.05. The third kappa shape index (κ3) is 1.66. The van der Waals surface area contributed by atoms with E-state index in [-0.39, 0.29) is 10.6 Å². The highest BCUT2D eigenvalue weighted by atomic mass is 32.1. The molecule has 0 unspecified atom stereocenters. The van der Waals surface area contributed by atoms with Crippen LogP contribution in [0.1, 0.15) is 9.67 Å². The Morgan fingerprint density at radius 1 is 1.40 bits per heavy atom. The number of carboxylic acids is 1. The van der Waals surface area contributed by atoms with Crippen LogP contribution in [0.25, 0.3) is 11.3 Å². The molecular weight excluding hydrogens is 214 g/mol. The van der Waals surface area contributed by atoms with Gasteiger partial charge in [-0.1, -0.05) is 0 Å². The number of pyridine rings is 1. The Labute approximate surface area is 89.4 Å². The first kappa shape index (κ1) is 9.60. The summed E-state index contributed by atoms with van der Waals surface area (Å²) in [4.78, 5) is 14.7.